The van der Waals surface area contributed by atoms with Crippen LogP contribution in [0.3, 0.4) is 0 Å². The molecule has 2 N–H and O–H groups in total. The Labute approximate surface area is 154 Å². The Kier molecular flexibility index (Phi) is 6.63. The van der Waals surface area contributed by atoms with Gasteiger partial charge in [0.25, 0.3) is 0 Å². The van der Waals surface area contributed by atoms with Gasteiger partial charge in [-0.15, -0.1) is 0 Å². The van der Waals surface area contributed by atoms with Crippen LogP contribution >= 0.6 is 0 Å². The predicted octanol–water partition coefficient (Wildman–Crippen LogP) is 4.51. The first-order valence-corrected chi connectivity index (χ1v) is 10.3. The fourth-order valence-electron chi connectivity index (χ4n) is 2.37. The number of benzene rings is 2. The molecule has 0 saturated carbocycles. The molecular formula is C19H24N2O4S. The zero-order valence-corrected chi connectivity index (χ0v) is 16.0. The molecule has 0 aliphatic rings. The van der Waals surface area contributed by atoms with E-state index in [0.717, 1.165) is 12.8 Å². The van der Waals surface area contributed by atoms with Gasteiger partial charge in [0.05, 0.1) is 33.0 Å². The highest BCUT2D eigenvalue weighted by molar-refractivity contribution is 7.91. The highest BCUT2D eigenvalue weighted by atomic mass is 32.2. The fourth-order valence-corrected chi connectivity index (χ4v) is 3.23. The number of rotatable bonds is 8. The van der Waals surface area contributed by atoms with E-state index in [9.17, 15) is 9.00 Å². The molecule has 0 amide bonds. The van der Waals surface area contributed by atoms with E-state index in [1.165, 1.54) is 19.4 Å². The number of nitrogens with one attached hydrogen (secondary N) is 2. The van der Waals surface area contributed by atoms with Crippen molar-refractivity contribution in [3.8, 4) is 11.5 Å². The number of hydrogen-bond acceptors (Lipinski definition) is 6. The van der Waals surface area contributed by atoms with Crippen molar-refractivity contribution >= 4 is 21.4 Å². The van der Waals surface area contributed by atoms with Gasteiger partial charge in [-0.2, -0.15) is 0 Å². The Bertz CT molecular complexity index is 865. The summed E-state index contributed by atoms with van der Waals surface area (Å²) in [6.07, 6.45) is 3.22. The maximum atomic E-state index is 12.6. The van der Waals surface area contributed by atoms with Gasteiger partial charge in [-0.05, 0) is 30.7 Å². The summed E-state index contributed by atoms with van der Waals surface area (Å²) in [6, 6.07) is 12.1. The molecule has 0 heterocycles. The van der Waals surface area contributed by atoms with Gasteiger partial charge in [0.1, 0.15) is 5.75 Å². The third-order valence-corrected chi connectivity index (χ3v) is 4.85. The van der Waals surface area contributed by atoms with Crippen LogP contribution in [0.5, 0.6) is 11.5 Å². The standard InChI is InChI=1S/C19H24N2O4S/c1-4-5-11-21-16-12-14(19(22)24-2)13-17(26(3,20)23)18(16)25-15-9-7-6-8-10-15/h6-10,12-13,20-21H,4-5,11H2,1-3H3. The van der Waals surface area contributed by atoms with E-state index in [-0.39, 0.29) is 10.5 Å². The lowest BCUT2D eigenvalue weighted by atomic mass is 10.1. The highest BCUT2D eigenvalue weighted by Gasteiger charge is 2.21. The van der Waals surface area contributed by atoms with Crippen LogP contribution in [0.1, 0.15) is 30.1 Å². The molecule has 0 aliphatic heterocycles. The molecule has 0 radical (unpaired) electrons. The molecule has 2 aromatic rings. The molecule has 2 rings (SSSR count). The van der Waals surface area contributed by atoms with Crippen LogP contribution < -0.4 is 10.1 Å². The minimum absolute atomic E-state index is 0.156. The van der Waals surface area contributed by atoms with E-state index in [0.29, 0.717) is 23.7 Å². The maximum Gasteiger partial charge on any atom is 0.337 e. The number of carbonyl (C=O) groups is 1. The predicted molar refractivity (Wildman–Crippen MR) is 103 cm³/mol. The van der Waals surface area contributed by atoms with E-state index in [2.05, 4.69) is 12.2 Å². The second kappa shape index (κ2) is 8.71. The minimum Gasteiger partial charge on any atom is -0.465 e. The van der Waals surface area contributed by atoms with Gasteiger partial charge in [-0.3, -0.25) is 0 Å². The SMILES string of the molecule is CCCCNc1cc(C(=O)OC)cc(S(C)(=N)=O)c1Oc1ccccc1. The number of anilines is 1. The van der Waals surface area contributed by atoms with Crippen molar-refractivity contribution in [2.24, 2.45) is 0 Å². The largest absolute Gasteiger partial charge is 0.465 e. The van der Waals surface area contributed by atoms with E-state index in [1.54, 1.807) is 18.2 Å². The van der Waals surface area contributed by atoms with Crippen LogP contribution in [-0.2, 0) is 14.5 Å². The molecule has 0 spiro atoms. The van der Waals surface area contributed by atoms with Crippen molar-refractivity contribution in [2.75, 3.05) is 25.2 Å². The summed E-state index contributed by atoms with van der Waals surface area (Å²) >= 11 is 0. The number of methoxy groups -OCH3 is 1. The Hall–Kier alpha value is -2.54. The zero-order valence-electron chi connectivity index (χ0n) is 15.2. The lowest BCUT2D eigenvalue weighted by Crippen LogP contribution is -2.10. The van der Waals surface area contributed by atoms with Gasteiger partial charge >= 0.3 is 5.97 Å². The molecule has 0 aliphatic carbocycles. The topological polar surface area (TPSA) is 88.5 Å². The smallest absolute Gasteiger partial charge is 0.337 e. The van der Waals surface area contributed by atoms with Crippen LogP contribution in [0.25, 0.3) is 0 Å². The molecule has 140 valence electrons. The molecule has 0 saturated heterocycles. The summed E-state index contributed by atoms with van der Waals surface area (Å²) in [5, 5.41) is 3.22. The third kappa shape index (κ3) is 4.98. The number of unbranched alkanes of at least 4 members (excludes halogenated alkanes) is 1. The zero-order chi connectivity index (χ0) is 19.2. The van der Waals surface area contributed by atoms with Crippen molar-refractivity contribution in [3.63, 3.8) is 0 Å². The summed E-state index contributed by atoms with van der Waals surface area (Å²) in [5.41, 5.74) is 0.741. The van der Waals surface area contributed by atoms with E-state index < -0.39 is 15.7 Å². The van der Waals surface area contributed by atoms with E-state index >= 15 is 0 Å². The van der Waals surface area contributed by atoms with E-state index in [1.807, 2.05) is 18.2 Å². The van der Waals surface area contributed by atoms with Gasteiger partial charge in [0.2, 0.25) is 0 Å². The summed E-state index contributed by atoms with van der Waals surface area (Å²) in [7, 11) is -1.86. The Morgan fingerprint density at radius 2 is 1.92 bits per heavy atom. The van der Waals surface area contributed by atoms with Gasteiger partial charge in [0, 0.05) is 12.8 Å². The number of carbonyl (C=O) groups excluding carboxylic acids is 1. The average Bonchev–Trinajstić information content (AvgIpc) is 2.62. The molecule has 0 aromatic heterocycles. The van der Waals surface area contributed by atoms with Crippen molar-refractivity contribution in [1.29, 1.82) is 4.78 Å². The Balaban J connectivity index is 2.60. The molecule has 2 aromatic carbocycles. The minimum atomic E-state index is -3.14. The molecule has 1 atom stereocenters. The average molecular weight is 376 g/mol. The Morgan fingerprint density at radius 1 is 1.23 bits per heavy atom. The van der Waals surface area contributed by atoms with Crippen molar-refractivity contribution < 1.29 is 18.5 Å². The van der Waals surface area contributed by atoms with Crippen LogP contribution in [0.15, 0.2) is 47.4 Å². The summed E-state index contributed by atoms with van der Waals surface area (Å²) in [5.74, 6) is 0.295. The van der Waals surface area contributed by atoms with E-state index in [4.69, 9.17) is 14.3 Å². The highest BCUT2D eigenvalue weighted by Crippen LogP contribution is 2.38. The number of para-hydroxylation sites is 1. The van der Waals surface area contributed by atoms with Crippen molar-refractivity contribution in [1.82, 2.24) is 0 Å². The van der Waals surface area contributed by atoms with Gasteiger partial charge in [-0.1, -0.05) is 31.5 Å². The first kappa shape index (κ1) is 19.8. The lowest BCUT2D eigenvalue weighted by molar-refractivity contribution is 0.0600. The molecule has 7 heteroatoms. The third-order valence-electron chi connectivity index (χ3n) is 3.70. The summed E-state index contributed by atoms with van der Waals surface area (Å²) in [4.78, 5) is 12.2. The number of esters is 1. The molecule has 26 heavy (non-hydrogen) atoms. The fraction of sp³-hybridized carbons (Fsp3) is 0.316. The maximum absolute atomic E-state index is 12.6. The first-order valence-electron chi connectivity index (χ1n) is 8.33. The normalized spacial score (nSPS) is 12.9. The quantitative estimate of drug-likeness (QED) is 0.522. The van der Waals surface area contributed by atoms with Crippen LogP contribution in [0.4, 0.5) is 5.69 Å². The summed E-state index contributed by atoms with van der Waals surface area (Å²) < 4.78 is 31.3. The van der Waals surface area contributed by atoms with Gasteiger partial charge in [0.15, 0.2) is 5.75 Å². The molecule has 0 fully saturated rings. The second-order valence-corrected chi connectivity index (χ2v) is 8.01. The molecule has 1 unspecified atom stereocenters. The number of hydrogen-bond donors (Lipinski definition) is 2. The number of ether oxygens (including phenoxy) is 2. The van der Waals surface area contributed by atoms with Crippen molar-refractivity contribution in [2.45, 2.75) is 24.7 Å². The Morgan fingerprint density at radius 3 is 2.50 bits per heavy atom. The monoisotopic (exact) mass is 376 g/mol. The molecule has 6 nitrogen and oxygen atoms in total. The first-order chi connectivity index (χ1) is 12.4. The van der Waals surface area contributed by atoms with Crippen LogP contribution in [0, 0.1) is 4.78 Å². The van der Waals surface area contributed by atoms with Crippen LogP contribution in [-0.4, -0.2) is 30.1 Å². The molecular weight excluding hydrogens is 352 g/mol. The molecule has 0 bridgehead atoms. The summed E-state index contributed by atoms with van der Waals surface area (Å²) in [6.45, 7) is 2.73. The van der Waals surface area contributed by atoms with Crippen LogP contribution in [0.2, 0.25) is 0 Å². The lowest BCUT2D eigenvalue weighted by Gasteiger charge is -2.18. The van der Waals surface area contributed by atoms with Crippen molar-refractivity contribution in [3.05, 3.63) is 48.0 Å². The second-order valence-electron chi connectivity index (χ2n) is 5.88. The van der Waals surface area contributed by atoms with Gasteiger partial charge < -0.3 is 14.8 Å². The van der Waals surface area contributed by atoms with Gasteiger partial charge in [-0.25, -0.2) is 13.8 Å².